The lowest BCUT2D eigenvalue weighted by atomic mass is 10.0. The summed E-state index contributed by atoms with van der Waals surface area (Å²) in [6.45, 7) is 3.93. The predicted molar refractivity (Wildman–Crippen MR) is 96.8 cm³/mol. The largest absolute Gasteiger partial charge is 0.346 e. The number of aryl methyl sites for hydroxylation is 1. The molecule has 1 aliphatic carbocycles. The summed E-state index contributed by atoms with van der Waals surface area (Å²) in [6, 6.07) is 13.8. The minimum absolute atomic E-state index is 0.0583. The number of amides is 1. The van der Waals surface area contributed by atoms with Gasteiger partial charge in [0.25, 0.3) is 5.91 Å². The van der Waals surface area contributed by atoms with Gasteiger partial charge in [-0.25, -0.2) is 13.1 Å². The fourth-order valence-electron chi connectivity index (χ4n) is 2.70. The molecule has 0 bridgehead atoms. The highest BCUT2D eigenvalue weighted by Gasteiger charge is 2.28. The maximum absolute atomic E-state index is 12.4. The minimum atomic E-state index is -3.49. The molecule has 1 amide bonds. The maximum atomic E-state index is 12.4. The predicted octanol–water partition coefficient (Wildman–Crippen LogP) is 2.93. The third-order valence-corrected chi connectivity index (χ3v) is 5.86. The van der Waals surface area contributed by atoms with Gasteiger partial charge in [-0.2, -0.15) is 0 Å². The van der Waals surface area contributed by atoms with E-state index in [0.29, 0.717) is 5.56 Å². The zero-order valence-electron chi connectivity index (χ0n) is 14.3. The van der Waals surface area contributed by atoms with E-state index in [1.54, 1.807) is 12.1 Å². The first-order valence-electron chi connectivity index (χ1n) is 8.35. The van der Waals surface area contributed by atoms with E-state index in [1.807, 2.05) is 38.1 Å². The van der Waals surface area contributed by atoms with Crippen molar-refractivity contribution in [1.82, 2.24) is 10.0 Å². The number of sulfonamides is 1. The van der Waals surface area contributed by atoms with Gasteiger partial charge in [0.15, 0.2) is 0 Å². The third kappa shape index (κ3) is 4.27. The molecule has 2 N–H and O–H groups in total. The SMILES string of the molecule is Cc1ccccc1C(C)NC(=O)c1ccc(S(=O)(=O)NC2CC2)cc1. The van der Waals surface area contributed by atoms with E-state index in [9.17, 15) is 13.2 Å². The normalized spacial score (nSPS) is 15.6. The molecule has 1 fully saturated rings. The van der Waals surface area contributed by atoms with Crippen LogP contribution in [0.1, 0.15) is 47.3 Å². The van der Waals surface area contributed by atoms with Crippen molar-refractivity contribution in [1.29, 1.82) is 0 Å². The Hall–Kier alpha value is -2.18. The quantitative estimate of drug-likeness (QED) is 0.834. The number of carbonyl (C=O) groups excluding carboxylic acids is 1. The maximum Gasteiger partial charge on any atom is 0.251 e. The fraction of sp³-hybridized carbons (Fsp3) is 0.316. The van der Waals surface area contributed by atoms with Crippen LogP contribution in [0.5, 0.6) is 0 Å². The van der Waals surface area contributed by atoms with Gasteiger partial charge in [-0.15, -0.1) is 0 Å². The van der Waals surface area contributed by atoms with Crippen molar-refractivity contribution in [2.45, 2.75) is 43.7 Å². The zero-order valence-corrected chi connectivity index (χ0v) is 15.1. The molecule has 0 radical (unpaired) electrons. The van der Waals surface area contributed by atoms with Crippen molar-refractivity contribution in [3.63, 3.8) is 0 Å². The van der Waals surface area contributed by atoms with E-state index >= 15 is 0 Å². The van der Waals surface area contributed by atoms with Crippen LogP contribution in [-0.4, -0.2) is 20.4 Å². The molecule has 6 heteroatoms. The first kappa shape index (κ1) is 17.6. The second-order valence-electron chi connectivity index (χ2n) is 6.47. The number of rotatable bonds is 6. The molecule has 1 saturated carbocycles. The van der Waals surface area contributed by atoms with Crippen LogP contribution < -0.4 is 10.0 Å². The van der Waals surface area contributed by atoms with Crippen molar-refractivity contribution >= 4 is 15.9 Å². The Morgan fingerprint density at radius 3 is 2.32 bits per heavy atom. The molecule has 1 atom stereocenters. The van der Waals surface area contributed by atoms with Gasteiger partial charge < -0.3 is 5.32 Å². The summed E-state index contributed by atoms with van der Waals surface area (Å²) in [6.07, 6.45) is 1.77. The summed E-state index contributed by atoms with van der Waals surface area (Å²) in [4.78, 5) is 12.6. The summed E-state index contributed by atoms with van der Waals surface area (Å²) < 4.78 is 26.9. The van der Waals surface area contributed by atoms with Crippen LogP contribution >= 0.6 is 0 Å². The van der Waals surface area contributed by atoms with Crippen LogP contribution in [0.15, 0.2) is 53.4 Å². The van der Waals surface area contributed by atoms with Crippen molar-refractivity contribution in [3.05, 3.63) is 65.2 Å². The highest BCUT2D eigenvalue weighted by Crippen LogP contribution is 2.22. The van der Waals surface area contributed by atoms with Gasteiger partial charge in [-0.05, 0) is 62.1 Å². The fourth-order valence-corrected chi connectivity index (χ4v) is 4.01. The molecular formula is C19H22N2O3S. The molecule has 0 spiro atoms. The lowest BCUT2D eigenvalue weighted by Crippen LogP contribution is -2.28. The molecule has 0 heterocycles. The van der Waals surface area contributed by atoms with E-state index in [2.05, 4.69) is 10.0 Å². The molecule has 1 aliphatic rings. The first-order chi connectivity index (χ1) is 11.9. The van der Waals surface area contributed by atoms with Crippen LogP contribution in [-0.2, 0) is 10.0 Å². The van der Waals surface area contributed by atoms with Crippen molar-refractivity contribution in [2.24, 2.45) is 0 Å². The molecule has 3 rings (SSSR count). The Kier molecular flexibility index (Phi) is 4.92. The monoisotopic (exact) mass is 358 g/mol. The molecule has 132 valence electrons. The molecule has 5 nitrogen and oxygen atoms in total. The van der Waals surface area contributed by atoms with E-state index in [4.69, 9.17) is 0 Å². The van der Waals surface area contributed by atoms with Gasteiger partial charge in [-0.3, -0.25) is 4.79 Å². The molecule has 0 aliphatic heterocycles. The van der Waals surface area contributed by atoms with Crippen LogP contribution in [0, 0.1) is 6.92 Å². The van der Waals surface area contributed by atoms with Gasteiger partial charge in [0, 0.05) is 11.6 Å². The second kappa shape index (κ2) is 6.98. The summed E-state index contributed by atoms with van der Waals surface area (Å²) in [5, 5.41) is 2.95. The lowest BCUT2D eigenvalue weighted by molar-refractivity contribution is 0.0939. The molecule has 0 aromatic heterocycles. The minimum Gasteiger partial charge on any atom is -0.346 e. The van der Waals surface area contributed by atoms with Gasteiger partial charge in [0.05, 0.1) is 10.9 Å². The Morgan fingerprint density at radius 2 is 1.72 bits per heavy atom. The standard InChI is InChI=1S/C19H22N2O3S/c1-13-5-3-4-6-18(13)14(2)20-19(22)15-7-11-17(12-8-15)25(23,24)21-16-9-10-16/h3-8,11-12,14,16,21H,9-10H2,1-2H3,(H,20,22). The molecule has 25 heavy (non-hydrogen) atoms. The number of nitrogens with one attached hydrogen (secondary N) is 2. The van der Waals surface area contributed by atoms with E-state index in [1.165, 1.54) is 12.1 Å². The van der Waals surface area contributed by atoms with Crippen LogP contribution in [0.3, 0.4) is 0 Å². The second-order valence-corrected chi connectivity index (χ2v) is 8.19. The Balaban J connectivity index is 1.69. The smallest absolute Gasteiger partial charge is 0.251 e. The van der Waals surface area contributed by atoms with Gasteiger partial charge in [0.2, 0.25) is 10.0 Å². The number of hydrogen-bond donors (Lipinski definition) is 2. The molecule has 2 aromatic rings. The zero-order chi connectivity index (χ0) is 18.0. The van der Waals surface area contributed by atoms with Crippen molar-refractivity contribution < 1.29 is 13.2 Å². The summed E-state index contributed by atoms with van der Waals surface area (Å²) in [5.74, 6) is -0.227. The van der Waals surface area contributed by atoms with E-state index in [-0.39, 0.29) is 22.9 Å². The van der Waals surface area contributed by atoms with Crippen LogP contribution in [0.2, 0.25) is 0 Å². The topological polar surface area (TPSA) is 75.3 Å². The third-order valence-electron chi connectivity index (χ3n) is 4.33. The van der Waals surface area contributed by atoms with Gasteiger partial charge in [-0.1, -0.05) is 24.3 Å². The molecular weight excluding hydrogens is 336 g/mol. The Bertz CT molecular complexity index is 872. The molecule has 0 saturated heterocycles. The average Bonchev–Trinajstić information content (AvgIpc) is 3.38. The van der Waals surface area contributed by atoms with E-state index < -0.39 is 10.0 Å². The van der Waals surface area contributed by atoms with Crippen LogP contribution in [0.4, 0.5) is 0 Å². The van der Waals surface area contributed by atoms with E-state index in [0.717, 1.165) is 24.0 Å². The number of hydrogen-bond acceptors (Lipinski definition) is 3. The first-order valence-corrected chi connectivity index (χ1v) is 9.84. The van der Waals surface area contributed by atoms with Gasteiger partial charge >= 0.3 is 0 Å². The number of carbonyl (C=O) groups is 1. The molecule has 2 aromatic carbocycles. The summed E-state index contributed by atoms with van der Waals surface area (Å²) >= 11 is 0. The summed E-state index contributed by atoms with van der Waals surface area (Å²) in [5.41, 5.74) is 2.61. The lowest BCUT2D eigenvalue weighted by Gasteiger charge is -2.16. The average molecular weight is 358 g/mol. The Morgan fingerprint density at radius 1 is 1.08 bits per heavy atom. The highest BCUT2D eigenvalue weighted by atomic mass is 32.2. The molecule has 1 unspecified atom stereocenters. The van der Waals surface area contributed by atoms with Crippen molar-refractivity contribution in [2.75, 3.05) is 0 Å². The van der Waals surface area contributed by atoms with Crippen molar-refractivity contribution in [3.8, 4) is 0 Å². The summed E-state index contributed by atoms with van der Waals surface area (Å²) in [7, 11) is -3.49. The van der Waals surface area contributed by atoms with Gasteiger partial charge in [0.1, 0.15) is 0 Å². The van der Waals surface area contributed by atoms with Crippen LogP contribution in [0.25, 0.3) is 0 Å². The Labute approximate surface area is 148 Å². The highest BCUT2D eigenvalue weighted by molar-refractivity contribution is 7.89. The number of benzene rings is 2.